The van der Waals surface area contributed by atoms with Gasteiger partial charge in [0.2, 0.25) is 0 Å². The number of hydrogen-bond donors (Lipinski definition) is 1. The molecule has 1 rings (SSSR count). The Morgan fingerprint density at radius 2 is 1.94 bits per heavy atom. The van der Waals surface area contributed by atoms with Gasteiger partial charge in [-0.2, -0.15) is 13.2 Å². The number of benzene rings is 1. The first-order chi connectivity index (χ1) is 7.81. The van der Waals surface area contributed by atoms with Crippen LogP contribution in [0.2, 0.25) is 0 Å². The number of urea groups is 1. The summed E-state index contributed by atoms with van der Waals surface area (Å²) in [5.41, 5.74) is 1.39. The standard InChI is InChI=1S/C11H13F3N2O/c1-8-5-3-4-6-9(8)16(2)10(17)15-7-11(12,13)14/h3-6H,7H2,1-2H3,(H,15,17). The van der Waals surface area contributed by atoms with E-state index in [4.69, 9.17) is 0 Å². The van der Waals surface area contributed by atoms with Gasteiger partial charge in [-0.25, -0.2) is 4.79 Å². The van der Waals surface area contributed by atoms with E-state index in [9.17, 15) is 18.0 Å². The van der Waals surface area contributed by atoms with E-state index in [-0.39, 0.29) is 0 Å². The molecule has 6 heteroatoms. The summed E-state index contributed by atoms with van der Waals surface area (Å²) in [7, 11) is 1.42. The first-order valence-electron chi connectivity index (χ1n) is 4.95. The molecule has 94 valence electrons. The van der Waals surface area contributed by atoms with Crippen LogP contribution >= 0.6 is 0 Å². The normalized spacial score (nSPS) is 11.1. The SMILES string of the molecule is Cc1ccccc1N(C)C(=O)NCC(F)(F)F. The zero-order chi connectivity index (χ0) is 13.1. The van der Waals surface area contributed by atoms with Crippen molar-refractivity contribution in [3.05, 3.63) is 29.8 Å². The second kappa shape index (κ2) is 5.07. The number of carbonyl (C=O) groups excluding carboxylic acids is 1. The number of rotatable bonds is 2. The molecule has 0 radical (unpaired) electrons. The third-order valence-corrected chi connectivity index (χ3v) is 2.22. The Balaban J connectivity index is 2.68. The summed E-state index contributed by atoms with van der Waals surface area (Å²) in [6, 6.07) is 6.18. The van der Waals surface area contributed by atoms with Crippen LogP contribution in [0.3, 0.4) is 0 Å². The third-order valence-electron chi connectivity index (χ3n) is 2.22. The summed E-state index contributed by atoms with van der Waals surface area (Å²) in [6.07, 6.45) is -4.40. The van der Waals surface area contributed by atoms with Crippen molar-refractivity contribution in [1.82, 2.24) is 5.32 Å². The number of nitrogens with one attached hydrogen (secondary N) is 1. The largest absolute Gasteiger partial charge is 0.405 e. The molecule has 17 heavy (non-hydrogen) atoms. The Hall–Kier alpha value is -1.72. The molecule has 0 aromatic heterocycles. The minimum absolute atomic E-state index is 0.576. The number of anilines is 1. The highest BCUT2D eigenvalue weighted by Crippen LogP contribution is 2.18. The van der Waals surface area contributed by atoms with Crippen molar-refractivity contribution in [3.63, 3.8) is 0 Å². The lowest BCUT2D eigenvalue weighted by Gasteiger charge is -2.20. The summed E-state index contributed by atoms with van der Waals surface area (Å²) in [5, 5.41) is 1.81. The van der Waals surface area contributed by atoms with E-state index < -0.39 is 18.8 Å². The first-order valence-corrected chi connectivity index (χ1v) is 4.95. The minimum Gasteiger partial charge on any atom is -0.329 e. The van der Waals surface area contributed by atoms with Gasteiger partial charge in [-0.15, -0.1) is 0 Å². The van der Waals surface area contributed by atoms with Gasteiger partial charge in [0.1, 0.15) is 6.54 Å². The molecular formula is C11H13F3N2O. The van der Waals surface area contributed by atoms with Crippen molar-refractivity contribution in [1.29, 1.82) is 0 Å². The van der Waals surface area contributed by atoms with Crippen LogP contribution < -0.4 is 10.2 Å². The molecule has 0 saturated carbocycles. The van der Waals surface area contributed by atoms with Gasteiger partial charge in [-0.3, -0.25) is 4.90 Å². The highest BCUT2D eigenvalue weighted by molar-refractivity contribution is 5.92. The molecule has 0 heterocycles. The molecule has 0 unspecified atom stereocenters. The van der Waals surface area contributed by atoms with Crippen molar-refractivity contribution >= 4 is 11.7 Å². The Bertz CT molecular complexity index is 404. The van der Waals surface area contributed by atoms with Crippen molar-refractivity contribution in [2.45, 2.75) is 13.1 Å². The summed E-state index contributed by atoms with van der Waals surface area (Å²) < 4.78 is 35.8. The molecular weight excluding hydrogens is 233 g/mol. The summed E-state index contributed by atoms with van der Waals surface area (Å²) in [6.45, 7) is 0.449. The number of para-hydroxylation sites is 1. The van der Waals surface area contributed by atoms with E-state index in [1.807, 2.05) is 5.32 Å². The summed E-state index contributed by atoms with van der Waals surface area (Å²) >= 11 is 0. The van der Waals surface area contributed by atoms with Gasteiger partial charge in [-0.05, 0) is 18.6 Å². The molecule has 1 N–H and O–H groups in total. The van der Waals surface area contributed by atoms with Gasteiger partial charge in [0.05, 0.1) is 0 Å². The Kier molecular flexibility index (Phi) is 3.98. The molecule has 0 fully saturated rings. The zero-order valence-corrected chi connectivity index (χ0v) is 9.51. The molecule has 0 saturated heterocycles. The van der Waals surface area contributed by atoms with Crippen molar-refractivity contribution in [3.8, 4) is 0 Å². The van der Waals surface area contributed by atoms with Crippen molar-refractivity contribution in [2.75, 3.05) is 18.5 Å². The van der Waals surface area contributed by atoms with Crippen molar-refractivity contribution < 1.29 is 18.0 Å². The number of hydrogen-bond acceptors (Lipinski definition) is 1. The van der Waals surface area contributed by atoms with Crippen LogP contribution in [-0.4, -0.2) is 25.8 Å². The molecule has 3 nitrogen and oxygen atoms in total. The summed E-state index contributed by atoms with van der Waals surface area (Å²) in [5.74, 6) is 0. The maximum absolute atomic E-state index is 11.9. The van der Waals surface area contributed by atoms with Crippen LogP contribution in [0.5, 0.6) is 0 Å². The lowest BCUT2D eigenvalue weighted by molar-refractivity contribution is -0.122. The van der Waals surface area contributed by atoms with Crippen LogP contribution in [0.4, 0.5) is 23.7 Å². The quantitative estimate of drug-likeness (QED) is 0.854. The number of halogens is 3. The predicted molar refractivity (Wildman–Crippen MR) is 59.0 cm³/mol. The highest BCUT2D eigenvalue weighted by atomic mass is 19.4. The van der Waals surface area contributed by atoms with E-state index in [0.29, 0.717) is 5.69 Å². The molecule has 0 atom stereocenters. The fourth-order valence-corrected chi connectivity index (χ4v) is 1.34. The average Bonchev–Trinajstić information content (AvgIpc) is 2.24. The minimum atomic E-state index is -4.40. The molecule has 1 aromatic carbocycles. The Morgan fingerprint density at radius 3 is 2.47 bits per heavy atom. The van der Waals surface area contributed by atoms with Crippen LogP contribution in [0.15, 0.2) is 24.3 Å². The average molecular weight is 246 g/mol. The van der Waals surface area contributed by atoms with Gasteiger partial charge in [-0.1, -0.05) is 18.2 Å². The lowest BCUT2D eigenvalue weighted by atomic mass is 10.2. The van der Waals surface area contributed by atoms with Gasteiger partial charge >= 0.3 is 12.2 Å². The third kappa shape index (κ3) is 3.97. The zero-order valence-electron chi connectivity index (χ0n) is 9.51. The maximum atomic E-state index is 11.9. The highest BCUT2D eigenvalue weighted by Gasteiger charge is 2.28. The van der Waals surface area contributed by atoms with Crippen LogP contribution in [-0.2, 0) is 0 Å². The topological polar surface area (TPSA) is 32.3 Å². The van der Waals surface area contributed by atoms with Crippen LogP contribution in [0.1, 0.15) is 5.56 Å². The molecule has 0 aliphatic carbocycles. The number of alkyl halides is 3. The fraction of sp³-hybridized carbons (Fsp3) is 0.364. The van der Waals surface area contributed by atoms with E-state index in [2.05, 4.69) is 0 Å². The molecule has 2 amide bonds. The van der Waals surface area contributed by atoms with E-state index in [1.54, 1.807) is 31.2 Å². The molecule has 0 aliphatic heterocycles. The first kappa shape index (κ1) is 13.3. The van der Waals surface area contributed by atoms with Gasteiger partial charge < -0.3 is 5.32 Å². The molecule has 0 spiro atoms. The Morgan fingerprint density at radius 1 is 1.35 bits per heavy atom. The van der Waals surface area contributed by atoms with Crippen molar-refractivity contribution in [2.24, 2.45) is 0 Å². The van der Waals surface area contributed by atoms with Crippen LogP contribution in [0.25, 0.3) is 0 Å². The van der Waals surface area contributed by atoms with Gasteiger partial charge in [0.15, 0.2) is 0 Å². The fourth-order valence-electron chi connectivity index (χ4n) is 1.34. The van der Waals surface area contributed by atoms with E-state index in [0.717, 1.165) is 10.5 Å². The molecule has 0 bridgehead atoms. The smallest absolute Gasteiger partial charge is 0.329 e. The van der Waals surface area contributed by atoms with E-state index >= 15 is 0 Å². The number of carbonyl (C=O) groups is 1. The number of aryl methyl sites for hydroxylation is 1. The number of amides is 2. The number of nitrogens with zero attached hydrogens (tertiary/aromatic N) is 1. The lowest BCUT2D eigenvalue weighted by Crippen LogP contribution is -2.42. The predicted octanol–water partition coefficient (Wildman–Crippen LogP) is 2.70. The van der Waals surface area contributed by atoms with E-state index in [1.165, 1.54) is 7.05 Å². The van der Waals surface area contributed by atoms with Gasteiger partial charge in [0, 0.05) is 12.7 Å². The summed E-state index contributed by atoms with van der Waals surface area (Å²) in [4.78, 5) is 12.6. The molecule has 0 aliphatic rings. The Labute approximate surface area is 97.2 Å². The molecule has 1 aromatic rings. The van der Waals surface area contributed by atoms with Crippen LogP contribution in [0, 0.1) is 6.92 Å². The van der Waals surface area contributed by atoms with Gasteiger partial charge in [0.25, 0.3) is 0 Å². The second-order valence-corrected chi connectivity index (χ2v) is 3.62. The monoisotopic (exact) mass is 246 g/mol. The maximum Gasteiger partial charge on any atom is 0.405 e. The second-order valence-electron chi connectivity index (χ2n) is 3.62.